The van der Waals surface area contributed by atoms with E-state index in [1.54, 1.807) is 22.7 Å². The molecule has 29 heavy (non-hydrogen) atoms. The second kappa shape index (κ2) is 7.93. The molecule has 2 heterocycles. The summed E-state index contributed by atoms with van der Waals surface area (Å²) in [6.45, 7) is 8.02. The molecule has 0 fully saturated rings. The number of hydrogen-bond acceptors (Lipinski definition) is 5. The lowest BCUT2D eigenvalue weighted by Crippen LogP contribution is -2.22. The molecule has 0 atom stereocenters. The number of carbonyl (C=O) groups is 1. The number of rotatable bonds is 4. The summed E-state index contributed by atoms with van der Waals surface area (Å²) >= 11 is 9.66. The summed E-state index contributed by atoms with van der Waals surface area (Å²) < 4.78 is 0. The Bertz CT molecular complexity index is 1080. The highest BCUT2D eigenvalue weighted by molar-refractivity contribution is 7.16. The smallest absolute Gasteiger partial charge is 0.144 e. The minimum atomic E-state index is -0.336. The molecule has 3 aromatic rings. The molecule has 0 saturated heterocycles. The van der Waals surface area contributed by atoms with Crippen molar-refractivity contribution in [2.75, 3.05) is 0 Å². The Morgan fingerprint density at radius 3 is 2.69 bits per heavy atom. The fraction of sp³-hybridized carbons (Fsp3) is 0.435. The molecule has 0 unspecified atom stereocenters. The number of carbonyl (C=O) groups excluding carboxylic acids is 1. The van der Waals surface area contributed by atoms with Gasteiger partial charge in [-0.05, 0) is 49.4 Å². The maximum Gasteiger partial charge on any atom is 0.144 e. The third-order valence-corrected chi connectivity index (χ3v) is 7.77. The van der Waals surface area contributed by atoms with Crippen molar-refractivity contribution >= 4 is 40.1 Å². The van der Waals surface area contributed by atoms with Gasteiger partial charge in [-0.25, -0.2) is 9.97 Å². The Morgan fingerprint density at radius 1 is 1.14 bits per heavy atom. The van der Waals surface area contributed by atoms with Crippen LogP contribution in [-0.2, 0) is 30.5 Å². The lowest BCUT2D eigenvalue weighted by atomic mass is 9.89. The van der Waals surface area contributed by atoms with Crippen LogP contribution in [-0.4, -0.2) is 15.8 Å². The van der Waals surface area contributed by atoms with E-state index in [0.29, 0.717) is 6.42 Å². The minimum Gasteiger partial charge on any atom is -0.299 e. The molecular formula is C23H25ClN2OS2. The normalized spacial score (nSPS) is 13.7. The number of halogens is 1. The number of Topliss-reactive ketones (excluding diaryl/α,β-unsaturated/α-hetero) is 1. The molecule has 1 aromatic carbocycles. The SMILES string of the molecule is Cc1ccc(Cl)cc1Cc1nc2c(s1)CCCc1nc(CC(=O)C(C)(C)C)sc1-2. The van der Waals surface area contributed by atoms with Crippen LogP contribution in [0.5, 0.6) is 0 Å². The van der Waals surface area contributed by atoms with Crippen molar-refractivity contribution in [2.24, 2.45) is 5.41 Å². The van der Waals surface area contributed by atoms with Crippen LogP contribution >= 0.6 is 34.3 Å². The molecule has 0 aliphatic heterocycles. The van der Waals surface area contributed by atoms with Crippen molar-refractivity contribution in [3.8, 4) is 10.6 Å². The van der Waals surface area contributed by atoms with Crippen LogP contribution in [0.2, 0.25) is 5.02 Å². The number of aryl methyl sites for hydroxylation is 3. The second-order valence-electron chi connectivity index (χ2n) is 8.71. The van der Waals surface area contributed by atoms with Gasteiger partial charge in [-0.3, -0.25) is 4.79 Å². The van der Waals surface area contributed by atoms with Crippen LogP contribution in [0.25, 0.3) is 10.6 Å². The van der Waals surface area contributed by atoms with Crippen LogP contribution < -0.4 is 0 Å². The van der Waals surface area contributed by atoms with Crippen molar-refractivity contribution < 1.29 is 4.79 Å². The van der Waals surface area contributed by atoms with E-state index >= 15 is 0 Å². The Hall–Kier alpha value is -1.56. The summed E-state index contributed by atoms with van der Waals surface area (Å²) in [4.78, 5) is 24.8. The molecule has 152 valence electrons. The van der Waals surface area contributed by atoms with Gasteiger partial charge in [-0.15, -0.1) is 22.7 Å². The summed E-state index contributed by atoms with van der Waals surface area (Å²) in [5, 5.41) is 2.80. The monoisotopic (exact) mass is 444 g/mol. The van der Waals surface area contributed by atoms with Gasteiger partial charge in [0.05, 0.1) is 27.7 Å². The van der Waals surface area contributed by atoms with E-state index in [0.717, 1.165) is 52.1 Å². The standard InChI is InChI=1S/C23H25ClN2OS2/c1-13-8-9-15(24)10-14(13)11-19-26-21-17(28-19)7-5-6-16-22(21)29-20(25-16)12-18(27)23(2,3)4/h8-10H,5-7,11-12H2,1-4H3. The highest BCUT2D eigenvalue weighted by Gasteiger charge is 2.26. The predicted octanol–water partition coefficient (Wildman–Crippen LogP) is 6.47. The largest absolute Gasteiger partial charge is 0.299 e. The first-order valence-electron chi connectivity index (χ1n) is 9.96. The number of aromatic nitrogens is 2. The lowest BCUT2D eigenvalue weighted by molar-refractivity contribution is -0.125. The van der Waals surface area contributed by atoms with Crippen molar-refractivity contribution in [1.82, 2.24) is 9.97 Å². The van der Waals surface area contributed by atoms with Crippen molar-refractivity contribution in [1.29, 1.82) is 0 Å². The average molecular weight is 445 g/mol. The van der Waals surface area contributed by atoms with Crippen LogP contribution in [0, 0.1) is 12.3 Å². The van der Waals surface area contributed by atoms with E-state index < -0.39 is 0 Å². The van der Waals surface area contributed by atoms with Crippen LogP contribution in [0.4, 0.5) is 0 Å². The molecule has 1 aliphatic rings. The molecule has 4 rings (SSSR count). The third kappa shape index (κ3) is 4.47. The van der Waals surface area contributed by atoms with Gasteiger partial charge >= 0.3 is 0 Å². The molecule has 1 aliphatic carbocycles. The molecule has 0 amide bonds. The highest BCUT2D eigenvalue weighted by atomic mass is 35.5. The van der Waals surface area contributed by atoms with Crippen LogP contribution in [0.15, 0.2) is 18.2 Å². The highest BCUT2D eigenvalue weighted by Crippen LogP contribution is 2.40. The average Bonchev–Trinajstić information content (AvgIpc) is 3.18. The molecule has 0 bridgehead atoms. The van der Waals surface area contributed by atoms with Crippen molar-refractivity contribution in [3.05, 3.63) is 54.9 Å². The molecule has 2 aromatic heterocycles. The quantitative estimate of drug-likeness (QED) is 0.463. The number of benzene rings is 1. The van der Waals surface area contributed by atoms with Gasteiger partial charge in [0.25, 0.3) is 0 Å². The third-order valence-electron chi connectivity index (χ3n) is 5.32. The van der Waals surface area contributed by atoms with E-state index in [9.17, 15) is 4.79 Å². The van der Waals surface area contributed by atoms with Gasteiger partial charge < -0.3 is 0 Å². The number of nitrogens with zero attached hydrogens (tertiary/aromatic N) is 2. The fourth-order valence-corrected chi connectivity index (χ4v) is 5.99. The van der Waals surface area contributed by atoms with E-state index in [1.807, 2.05) is 32.9 Å². The lowest BCUT2D eigenvalue weighted by Gasteiger charge is -2.15. The minimum absolute atomic E-state index is 0.233. The fourth-order valence-electron chi connectivity index (χ4n) is 3.47. The number of thiazole rings is 2. The summed E-state index contributed by atoms with van der Waals surface area (Å²) in [7, 11) is 0. The van der Waals surface area contributed by atoms with Crippen molar-refractivity contribution in [2.45, 2.75) is 59.8 Å². The number of ketones is 1. The summed E-state index contributed by atoms with van der Waals surface area (Å²) in [6.07, 6.45) is 4.29. The van der Waals surface area contributed by atoms with E-state index in [-0.39, 0.29) is 11.2 Å². The first-order chi connectivity index (χ1) is 13.7. The number of hydrogen-bond donors (Lipinski definition) is 0. The molecule has 3 nitrogen and oxygen atoms in total. The van der Waals surface area contributed by atoms with Crippen molar-refractivity contribution in [3.63, 3.8) is 0 Å². The molecule has 6 heteroatoms. The molecule has 0 radical (unpaired) electrons. The first kappa shape index (κ1) is 20.7. The van der Waals surface area contributed by atoms with E-state index in [1.165, 1.54) is 20.9 Å². The molecule has 0 spiro atoms. The second-order valence-corrected chi connectivity index (χ2v) is 11.4. The molecular weight excluding hydrogens is 420 g/mol. The van der Waals surface area contributed by atoms with Gasteiger partial charge in [-0.2, -0.15) is 0 Å². The maximum absolute atomic E-state index is 12.5. The Labute approximate surface area is 185 Å². The van der Waals surface area contributed by atoms with Gasteiger partial charge in [0.2, 0.25) is 0 Å². The van der Waals surface area contributed by atoms with Crippen LogP contribution in [0.3, 0.4) is 0 Å². The zero-order valence-electron chi connectivity index (χ0n) is 17.3. The summed E-state index contributed by atoms with van der Waals surface area (Å²) in [6, 6.07) is 6.04. The van der Waals surface area contributed by atoms with Gasteiger partial charge in [0.15, 0.2) is 0 Å². The first-order valence-corrected chi connectivity index (χ1v) is 12.0. The Kier molecular flexibility index (Phi) is 5.66. The van der Waals surface area contributed by atoms with Crippen LogP contribution in [0.1, 0.15) is 58.9 Å². The van der Waals surface area contributed by atoms with Gasteiger partial charge in [-0.1, -0.05) is 38.4 Å². The van der Waals surface area contributed by atoms with E-state index in [4.69, 9.17) is 21.6 Å². The molecule has 0 saturated carbocycles. The molecule has 0 N–H and O–H groups in total. The number of fused-ring (bicyclic) bond motifs is 3. The zero-order valence-corrected chi connectivity index (χ0v) is 19.7. The zero-order chi connectivity index (χ0) is 20.8. The Morgan fingerprint density at radius 2 is 1.93 bits per heavy atom. The topological polar surface area (TPSA) is 42.9 Å². The van der Waals surface area contributed by atoms with Gasteiger partial charge in [0.1, 0.15) is 10.8 Å². The summed E-state index contributed by atoms with van der Waals surface area (Å²) in [5.41, 5.74) is 4.32. The summed E-state index contributed by atoms with van der Waals surface area (Å²) in [5.74, 6) is 0.233. The maximum atomic E-state index is 12.5. The Balaban J connectivity index is 1.65. The van der Waals surface area contributed by atoms with Gasteiger partial charge in [0, 0.05) is 21.7 Å². The predicted molar refractivity (Wildman–Crippen MR) is 122 cm³/mol. The van der Waals surface area contributed by atoms with E-state index in [2.05, 4.69) is 13.0 Å².